The number of rotatable bonds is 6. The lowest BCUT2D eigenvalue weighted by atomic mass is 10.1. The summed E-state index contributed by atoms with van der Waals surface area (Å²) >= 11 is 0. The number of ether oxygens (including phenoxy) is 1. The molecule has 0 spiro atoms. The van der Waals surface area contributed by atoms with Crippen molar-refractivity contribution in [1.82, 2.24) is 23.9 Å². The Hall–Kier alpha value is -3.50. The number of aromatic nitrogens is 5. The molecule has 37 heavy (non-hydrogen) atoms. The van der Waals surface area contributed by atoms with Crippen LogP contribution in [0.25, 0.3) is 21.9 Å². The Morgan fingerprint density at radius 3 is 2.70 bits per heavy atom. The molecule has 4 aromatic rings. The highest BCUT2D eigenvalue weighted by Gasteiger charge is 2.28. The van der Waals surface area contributed by atoms with Crippen LogP contribution in [-0.4, -0.2) is 56.2 Å². The van der Waals surface area contributed by atoms with Crippen molar-refractivity contribution in [3.05, 3.63) is 62.8 Å². The molecule has 10 heteroatoms. The number of nitrogens with two attached hydrogens (primary N) is 1. The number of benzene rings is 1. The molecule has 0 saturated carbocycles. The summed E-state index contributed by atoms with van der Waals surface area (Å²) in [5.74, 6) is 0.817. The zero-order valence-electron chi connectivity index (χ0n) is 21.2. The molecule has 2 aliphatic heterocycles. The third-order valence-corrected chi connectivity index (χ3v) is 7.59. The Labute approximate surface area is 214 Å². The van der Waals surface area contributed by atoms with Gasteiger partial charge in [0, 0.05) is 50.1 Å². The third kappa shape index (κ3) is 4.34. The molecule has 0 bridgehead atoms. The van der Waals surface area contributed by atoms with Gasteiger partial charge in [0.15, 0.2) is 5.52 Å². The summed E-state index contributed by atoms with van der Waals surface area (Å²) in [7, 11) is 0. The highest BCUT2D eigenvalue weighted by atomic mass is 16.5. The molecule has 10 nitrogen and oxygen atoms in total. The van der Waals surface area contributed by atoms with Crippen LogP contribution in [0.1, 0.15) is 31.9 Å². The van der Waals surface area contributed by atoms with Crippen molar-refractivity contribution in [2.24, 2.45) is 11.7 Å². The number of aryl methyl sites for hydroxylation is 1. The molecule has 2 N–H and O–H groups in total. The van der Waals surface area contributed by atoms with E-state index in [0.29, 0.717) is 44.3 Å². The first-order valence-corrected chi connectivity index (χ1v) is 13.2. The van der Waals surface area contributed by atoms with Crippen molar-refractivity contribution in [3.8, 4) is 0 Å². The van der Waals surface area contributed by atoms with Gasteiger partial charge >= 0.3 is 0 Å². The minimum Gasteiger partial charge on any atom is -0.381 e. The van der Waals surface area contributed by atoms with Crippen LogP contribution in [0.2, 0.25) is 0 Å². The molecule has 2 atom stereocenters. The van der Waals surface area contributed by atoms with Crippen LogP contribution in [-0.2, 0) is 24.4 Å². The summed E-state index contributed by atoms with van der Waals surface area (Å²) in [5.41, 5.74) is 7.91. The SMILES string of the molecule is CCn1c(N2CCCC(N)C2)nc2c(=O)n(CC3CCOC3)n(Cc3ccc4ccccc4n3)c(=O)c21. The van der Waals surface area contributed by atoms with Crippen LogP contribution in [0.4, 0.5) is 5.95 Å². The number of nitrogens with zero attached hydrogens (tertiary/aromatic N) is 6. The minimum atomic E-state index is -0.253. The van der Waals surface area contributed by atoms with Gasteiger partial charge in [0.1, 0.15) is 5.52 Å². The quantitative estimate of drug-likeness (QED) is 0.428. The average Bonchev–Trinajstić information content (AvgIpc) is 3.57. The number of piperidine rings is 1. The first kappa shape index (κ1) is 23.9. The highest BCUT2D eigenvalue weighted by Crippen LogP contribution is 2.23. The third-order valence-electron chi connectivity index (χ3n) is 7.59. The van der Waals surface area contributed by atoms with Gasteiger partial charge in [0.2, 0.25) is 5.95 Å². The fourth-order valence-corrected chi connectivity index (χ4v) is 5.66. The van der Waals surface area contributed by atoms with Gasteiger partial charge in [-0.25, -0.2) is 14.3 Å². The van der Waals surface area contributed by atoms with Gasteiger partial charge in [-0.1, -0.05) is 24.3 Å². The number of imidazole rings is 1. The number of para-hydroxylation sites is 1. The topological polar surface area (TPSA) is 113 Å². The maximum absolute atomic E-state index is 14.1. The Kier molecular flexibility index (Phi) is 6.29. The smallest absolute Gasteiger partial charge is 0.293 e. The van der Waals surface area contributed by atoms with E-state index in [0.717, 1.165) is 42.4 Å². The summed E-state index contributed by atoms with van der Waals surface area (Å²) in [4.78, 5) is 39.7. The van der Waals surface area contributed by atoms with E-state index in [2.05, 4.69) is 4.90 Å². The Morgan fingerprint density at radius 2 is 1.92 bits per heavy atom. The second kappa shape index (κ2) is 9.75. The van der Waals surface area contributed by atoms with E-state index in [1.807, 2.05) is 47.9 Å². The molecule has 5 heterocycles. The largest absolute Gasteiger partial charge is 0.381 e. The van der Waals surface area contributed by atoms with E-state index in [-0.39, 0.29) is 35.1 Å². The Bertz CT molecular complexity index is 1560. The molecule has 3 aromatic heterocycles. The Morgan fingerprint density at radius 1 is 1.05 bits per heavy atom. The van der Waals surface area contributed by atoms with Crippen molar-refractivity contribution in [3.63, 3.8) is 0 Å². The second-order valence-electron chi connectivity index (χ2n) is 10.2. The molecule has 2 saturated heterocycles. The number of pyridine rings is 1. The predicted molar refractivity (Wildman–Crippen MR) is 143 cm³/mol. The summed E-state index contributed by atoms with van der Waals surface area (Å²) in [5, 5.41) is 1.03. The van der Waals surface area contributed by atoms with Crippen molar-refractivity contribution in [2.45, 2.75) is 51.9 Å². The fourth-order valence-electron chi connectivity index (χ4n) is 5.66. The molecule has 0 radical (unpaired) electrons. The number of hydrogen-bond acceptors (Lipinski definition) is 7. The monoisotopic (exact) mass is 503 g/mol. The number of hydrogen-bond donors (Lipinski definition) is 1. The molecule has 0 amide bonds. The van der Waals surface area contributed by atoms with Crippen LogP contribution in [0.3, 0.4) is 0 Å². The highest BCUT2D eigenvalue weighted by molar-refractivity contribution is 5.79. The van der Waals surface area contributed by atoms with E-state index in [9.17, 15) is 9.59 Å². The number of fused-ring (bicyclic) bond motifs is 2. The lowest BCUT2D eigenvalue weighted by Crippen LogP contribution is -2.44. The Balaban J connectivity index is 1.52. The van der Waals surface area contributed by atoms with E-state index in [1.54, 1.807) is 9.36 Å². The summed E-state index contributed by atoms with van der Waals surface area (Å²) in [6.45, 7) is 5.81. The van der Waals surface area contributed by atoms with Crippen LogP contribution < -0.4 is 21.8 Å². The average molecular weight is 504 g/mol. The fraction of sp³-hybridized carbons (Fsp3) is 0.481. The molecular weight excluding hydrogens is 470 g/mol. The summed E-state index contributed by atoms with van der Waals surface area (Å²) in [6, 6.07) is 11.9. The molecule has 1 aromatic carbocycles. The molecule has 2 aliphatic rings. The molecule has 2 fully saturated rings. The first-order chi connectivity index (χ1) is 18.0. The lowest BCUT2D eigenvalue weighted by molar-refractivity contribution is 0.179. The van der Waals surface area contributed by atoms with Gasteiger partial charge in [-0.15, -0.1) is 0 Å². The van der Waals surface area contributed by atoms with E-state index in [1.165, 1.54) is 0 Å². The van der Waals surface area contributed by atoms with Crippen LogP contribution in [0.15, 0.2) is 46.0 Å². The van der Waals surface area contributed by atoms with Crippen LogP contribution >= 0.6 is 0 Å². The molecule has 2 unspecified atom stereocenters. The van der Waals surface area contributed by atoms with E-state index in [4.69, 9.17) is 20.4 Å². The van der Waals surface area contributed by atoms with Crippen molar-refractivity contribution in [1.29, 1.82) is 0 Å². The molecule has 0 aliphatic carbocycles. The van der Waals surface area contributed by atoms with Crippen LogP contribution in [0, 0.1) is 5.92 Å². The lowest BCUT2D eigenvalue weighted by Gasteiger charge is -2.31. The van der Waals surface area contributed by atoms with Crippen molar-refractivity contribution < 1.29 is 4.74 Å². The molecule has 194 valence electrons. The van der Waals surface area contributed by atoms with Crippen molar-refractivity contribution in [2.75, 3.05) is 31.2 Å². The zero-order valence-corrected chi connectivity index (χ0v) is 21.2. The summed E-state index contributed by atoms with van der Waals surface area (Å²) in [6.07, 6.45) is 2.77. The second-order valence-corrected chi connectivity index (χ2v) is 10.2. The first-order valence-electron chi connectivity index (χ1n) is 13.2. The van der Waals surface area contributed by atoms with Gasteiger partial charge < -0.3 is 19.9 Å². The molecular formula is C27H33N7O3. The standard InChI is InChI=1S/C27H33N7O3/c1-2-32-24-23(30-27(32)31-12-5-7-20(28)15-31)25(35)33(14-18-11-13-37-17-18)34(26(24)36)16-21-10-9-19-6-3-4-8-22(19)29-21/h3-4,6,8-10,18,20H,2,5,7,11-17,28H2,1H3. The predicted octanol–water partition coefficient (Wildman–Crippen LogP) is 1.94. The molecule has 6 rings (SSSR count). The summed E-state index contributed by atoms with van der Waals surface area (Å²) < 4.78 is 10.6. The van der Waals surface area contributed by atoms with Gasteiger partial charge in [-0.3, -0.25) is 14.6 Å². The van der Waals surface area contributed by atoms with E-state index >= 15 is 0 Å². The normalized spacial score (nSPS) is 20.3. The number of anilines is 1. The van der Waals surface area contributed by atoms with Gasteiger partial charge in [-0.2, -0.15) is 0 Å². The van der Waals surface area contributed by atoms with Crippen molar-refractivity contribution >= 4 is 27.9 Å². The van der Waals surface area contributed by atoms with Gasteiger partial charge in [0.25, 0.3) is 11.1 Å². The van der Waals surface area contributed by atoms with E-state index < -0.39 is 0 Å². The van der Waals surface area contributed by atoms with Gasteiger partial charge in [0.05, 0.1) is 24.4 Å². The van der Waals surface area contributed by atoms with Gasteiger partial charge in [-0.05, 0) is 38.3 Å². The zero-order chi connectivity index (χ0) is 25.5. The van der Waals surface area contributed by atoms with Crippen LogP contribution in [0.5, 0.6) is 0 Å². The minimum absolute atomic E-state index is 0.0496. The maximum atomic E-state index is 14.1. The maximum Gasteiger partial charge on any atom is 0.293 e.